The Morgan fingerprint density at radius 1 is 1.32 bits per heavy atom. The maximum absolute atomic E-state index is 13.9. The van der Waals surface area contributed by atoms with E-state index in [4.69, 9.17) is 15.0 Å². The van der Waals surface area contributed by atoms with Crippen LogP contribution in [-0.2, 0) is 30.3 Å². The van der Waals surface area contributed by atoms with Gasteiger partial charge in [0.1, 0.15) is 18.0 Å². The molecule has 2 rings (SSSR count). The van der Waals surface area contributed by atoms with Gasteiger partial charge in [-0.3, -0.25) is 9.59 Å². The highest BCUT2D eigenvalue weighted by Gasteiger charge is 2.28. The number of halogens is 1. The molecule has 1 aromatic carbocycles. The monoisotopic (exact) mass is 433 g/mol. The molecule has 0 radical (unpaired) electrons. The van der Waals surface area contributed by atoms with Crippen molar-refractivity contribution in [2.24, 2.45) is 0 Å². The Morgan fingerprint density at radius 3 is 2.71 bits per heavy atom. The molecular formula is C21H26FN4O5+. The third-order valence-corrected chi connectivity index (χ3v) is 4.57. The van der Waals surface area contributed by atoms with Gasteiger partial charge >= 0.3 is 12.2 Å². The molecule has 0 aliphatic heterocycles. The number of esters is 1. The first-order valence-corrected chi connectivity index (χ1v) is 9.77. The minimum atomic E-state index is -1.07. The molecule has 1 aromatic heterocycles. The van der Waals surface area contributed by atoms with Crippen LogP contribution in [0.2, 0.25) is 0 Å². The third kappa shape index (κ3) is 6.56. The van der Waals surface area contributed by atoms with Crippen LogP contribution in [0, 0.1) is 11.3 Å². The van der Waals surface area contributed by atoms with Crippen molar-refractivity contribution < 1.29 is 33.0 Å². The maximum Gasteiger partial charge on any atom is 0.372 e. The number of H-pyrrole nitrogens is 1. The van der Waals surface area contributed by atoms with E-state index in [1.165, 1.54) is 13.2 Å². The summed E-state index contributed by atoms with van der Waals surface area (Å²) < 4.78 is 24.4. The summed E-state index contributed by atoms with van der Waals surface area (Å²) in [7, 11) is 1.36. The van der Waals surface area contributed by atoms with Gasteiger partial charge in [-0.2, -0.15) is 0 Å². The number of ketones is 1. The van der Waals surface area contributed by atoms with Crippen LogP contribution in [0.25, 0.3) is 10.9 Å². The highest BCUT2D eigenvalue weighted by Crippen LogP contribution is 2.22. The molecule has 31 heavy (non-hydrogen) atoms. The molecule has 0 aliphatic rings. The van der Waals surface area contributed by atoms with Gasteiger partial charge < -0.3 is 19.8 Å². The average molecular weight is 433 g/mol. The van der Waals surface area contributed by atoms with Crippen LogP contribution in [0.5, 0.6) is 0 Å². The molecule has 3 N–H and O–H groups in total. The lowest BCUT2D eigenvalue weighted by Gasteiger charge is -2.21. The lowest BCUT2D eigenvalue weighted by molar-refractivity contribution is -0.152. The predicted octanol–water partition coefficient (Wildman–Crippen LogP) is 1.96. The van der Waals surface area contributed by atoms with E-state index in [1.807, 2.05) is 0 Å². The Balaban J connectivity index is 2.14. The van der Waals surface area contributed by atoms with Crippen LogP contribution >= 0.6 is 0 Å². The molecule has 10 heteroatoms. The number of Topliss-reactive ketones (excluding diaryl/α,β-unsaturated/α-hetero) is 1. The Bertz CT molecular complexity index is 997. The van der Waals surface area contributed by atoms with E-state index in [0.717, 1.165) is 6.21 Å². The Hall–Kier alpha value is -3.36. The fraction of sp³-hybridized carbons (Fsp3) is 0.429. The van der Waals surface area contributed by atoms with Crippen molar-refractivity contribution in [1.82, 2.24) is 10.3 Å². The Morgan fingerprint density at radius 2 is 2.06 bits per heavy atom. The second kappa shape index (κ2) is 11.1. The first-order valence-electron chi connectivity index (χ1n) is 9.77. The number of methoxy groups -OCH3 is 1. The summed E-state index contributed by atoms with van der Waals surface area (Å²) in [6, 6.07) is 3.57. The second-order valence-corrected chi connectivity index (χ2v) is 7.21. The minimum absolute atomic E-state index is 0.0170. The average Bonchev–Trinajstić information content (AvgIpc) is 3.12. The second-order valence-electron chi connectivity index (χ2n) is 7.21. The number of benzene rings is 1. The molecule has 0 aliphatic carbocycles. The van der Waals surface area contributed by atoms with Crippen LogP contribution in [0.4, 0.5) is 4.39 Å². The topological polar surface area (TPSA) is 135 Å². The van der Waals surface area contributed by atoms with Crippen molar-refractivity contribution in [2.75, 3.05) is 7.11 Å². The third-order valence-electron chi connectivity index (χ3n) is 4.57. The van der Waals surface area contributed by atoms with Crippen LogP contribution in [0.15, 0.2) is 24.4 Å². The number of nitrogens with one attached hydrogen (secondary N) is 3. The van der Waals surface area contributed by atoms with Gasteiger partial charge in [-0.05, 0) is 31.9 Å². The smallest absolute Gasteiger partial charge is 0.372 e. The SMILES string of the molecule is CO[C@@H](Cc1c[nH]c2c(F)cccc12)C(=O)N[C@@H](CCC(=O)C=[N+]=N)C(=O)OC(C)C. The molecule has 0 fully saturated rings. The van der Waals surface area contributed by atoms with E-state index in [2.05, 4.69) is 15.1 Å². The summed E-state index contributed by atoms with van der Waals surface area (Å²) in [4.78, 5) is 42.6. The summed E-state index contributed by atoms with van der Waals surface area (Å²) in [6.07, 6.45) is 1.11. The number of nitrogens with zero attached hydrogens (tertiary/aromatic N) is 1. The molecule has 1 heterocycles. The zero-order chi connectivity index (χ0) is 23.0. The van der Waals surface area contributed by atoms with Gasteiger partial charge in [0.25, 0.3) is 0 Å². The van der Waals surface area contributed by atoms with Gasteiger partial charge in [-0.15, -0.1) is 0 Å². The summed E-state index contributed by atoms with van der Waals surface area (Å²) in [5.41, 5.74) is 7.71. The van der Waals surface area contributed by atoms with E-state index in [1.54, 1.807) is 32.2 Å². The lowest BCUT2D eigenvalue weighted by atomic mass is 10.0. The van der Waals surface area contributed by atoms with Crippen molar-refractivity contribution in [3.8, 4) is 0 Å². The molecule has 9 nitrogen and oxygen atoms in total. The van der Waals surface area contributed by atoms with Crippen molar-refractivity contribution in [3.05, 3.63) is 35.8 Å². The quantitative estimate of drug-likeness (QED) is 0.215. The number of hydrogen-bond donors (Lipinski definition) is 3. The predicted molar refractivity (Wildman–Crippen MR) is 109 cm³/mol. The molecular weight excluding hydrogens is 407 g/mol. The van der Waals surface area contributed by atoms with Crippen molar-refractivity contribution in [2.45, 2.75) is 51.4 Å². The van der Waals surface area contributed by atoms with E-state index in [0.29, 0.717) is 16.5 Å². The molecule has 0 bridgehead atoms. The number of rotatable bonds is 11. The summed E-state index contributed by atoms with van der Waals surface area (Å²) in [5, 5.41) is 3.21. The number of hydrogen-bond acceptors (Lipinski definition) is 6. The largest absolute Gasteiger partial charge is 0.461 e. The number of fused-ring (bicyclic) bond motifs is 1. The molecule has 0 spiro atoms. The fourth-order valence-electron chi connectivity index (χ4n) is 3.08. The summed E-state index contributed by atoms with van der Waals surface area (Å²) in [5.74, 6) is -2.10. The van der Waals surface area contributed by atoms with Crippen LogP contribution in [-0.4, -0.2) is 59.0 Å². The molecule has 166 valence electrons. The number of carbonyl (C=O) groups excluding carboxylic acids is 3. The van der Waals surface area contributed by atoms with E-state index >= 15 is 0 Å². The molecule has 0 unspecified atom stereocenters. The van der Waals surface area contributed by atoms with Crippen molar-refractivity contribution in [3.63, 3.8) is 0 Å². The first kappa shape index (κ1) is 23.9. The van der Waals surface area contributed by atoms with Crippen molar-refractivity contribution >= 4 is 34.8 Å². The van der Waals surface area contributed by atoms with Crippen LogP contribution in [0.1, 0.15) is 32.3 Å². The number of aromatic amines is 1. The Labute approximate surface area is 178 Å². The van der Waals surface area contributed by atoms with Gasteiger partial charge in [0, 0.05) is 31.5 Å². The number of carbonyl (C=O) groups is 3. The number of aromatic nitrogens is 1. The molecule has 1 amide bonds. The zero-order valence-electron chi connectivity index (χ0n) is 17.6. The summed E-state index contributed by atoms with van der Waals surface area (Å²) in [6.45, 7) is 3.34. The number of amides is 1. The molecule has 2 atom stereocenters. The summed E-state index contributed by atoms with van der Waals surface area (Å²) >= 11 is 0. The van der Waals surface area contributed by atoms with Gasteiger partial charge in [0.15, 0.2) is 0 Å². The van der Waals surface area contributed by atoms with Gasteiger partial charge in [0.05, 0.1) is 21.9 Å². The standard InChI is InChI=1S/C21H25FN4O5/c1-12(2)31-21(29)17(8-7-14(27)11-25-23)26-20(28)18(30-3)9-13-10-24-19-15(13)5-4-6-16(19)22/h4-6,10-12,17-18,23-24H,7-9H2,1-3H3/p+1/t17-,18-/m0/s1. The zero-order valence-corrected chi connectivity index (χ0v) is 17.6. The minimum Gasteiger partial charge on any atom is -0.461 e. The molecule has 0 saturated carbocycles. The van der Waals surface area contributed by atoms with Crippen LogP contribution < -0.4 is 5.32 Å². The van der Waals surface area contributed by atoms with Gasteiger partial charge in [0.2, 0.25) is 11.7 Å². The van der Waals surface area contributed by atoms with E-state index < -0.39 is 41.7 Å². The lowest BCUT2D eigenvalue weighted by Crippen LogP contribution is -2.48. The highest BCUT2D eigenvalue weighted by molar-refractivity contribution is 6.25. The number of para-hydroxylation sites is 1. The molecule has 2 aromatic rings. The normalized spacial score (nSPS) is 12.8. The molecule has 0 saturated heterocycles. The van der Waals surface area contributed by atoms with Gasteiger partial charge in [-0.25, -0.2) is 9.18 Å². The Kier molecular flexibility index (Phi) is 8.60. The van der Waals surface area contributed by atoms with E-state index in [-0.39, 0.29) is 19.3 Å². The number of ether oxygens (including phenoxy) is 2. The van der Waals surface area contributed by atoms with Crippen LogP contribution in [0.3, 0.4) is 0 Å². The fourth-order valence-corrected chi connectivity index (χ4v) is 3.08. The maximum atomic E-state index is 13.9. The first-order chi connectivity index (χ1) is 14.8. The van der Waals surface area contributed by atoms with Gasteiger partial charge in [-0.1, -0.05) is 12.1 Å². The highest BCUT2D eigenvalue weighted by atomic mass is 19.1. The van der Waals surface area contributed by atoms with Crippen molar-refractivity contribution in [1.29, 1.82) is 5.53 Å². The van der Waals surface area contributed by atoms with E-state index in [9.17, 15) is 18.8 Å².